The minimum absolute atomic E-state index is 0.0492. The van der Waals surface area contributed by atoms with E-state index in [0.29, 0.717) is 12.3 Å². The van der Waals surface area contributed by atoms with Crippen molar-refractivity contribution in [1.82, 2.24) is 25.7 Å². The molecular weight excluding hydrogens is 290 g/mol. The Labute approximate surface area is 135 Å². The van der Waals surface area contributed by atoms with Crippen molar-refractivity contribution in [3.63, 3.8) is 0 Å². The highest BCUT2D eigenvalue weighted by Crippen LogP contribution is 2.23. The fourth-order valence-corrected chi connectivity index (χ4v) is 2.44. The average Bonchev–Trinajstić information content (AvgIpc) is 3.17. The molecule has 0 spiro atoms. The first-order valence-corrected chi connectivity index (χ1v) is 7.64. The molecule has 0 aliphatic rings. The van der Waals surface area contributed by atoms with Gasteiger partial charge in [-0.2, -0.15) is 5.10 Å². The van der Waals surface area contributed by atoms with Crippen LogP contribution in [0.3, 0.4) is 0 Å². The van der Waals surface area contributed by atoms with Crippen LogP contribution in [0.1, 0.15) is 37.7 Å². The van der Waals surface area contributed by atoms with E-state index in [1.165, 1.54) is 5.56 Å². The van der Waals surface area contributed by atoms with Gasteiger partial charge < -0.3 is 9.84 Å². The molecule has 0 saturated carbocycles. The number of nitrogens with one attached hydrogen (secondary N) is 2. The third-order valence-corrected chi connectivity index (χ3v) is 3.57. The Bertz CT molecular complexity index is 755. The molecule has 3 aromatic heterocycles. The number of rotatable bonds is 5. The van der Waals surface area contributed by atoms with E-state index in [-0.39, 0.29) is 5.41 Å². The molecule has 120 valence electrons. The van der Waals surface area contributed by atoms with Crippen LogP contribution in [-0.4, -0.2) is 20.3 Å². The van der Waals surface area contributed by atoms with Gasteiger partial charge in [-0.1, -0.05) is 32.0 Å². The molecule has 3 heterocycles. The molecule has 0 radical (unpaired) electrons. The van der Waals surface area contributed by atoms with Crippen LogP contribution in [0.5, 0.6) is 0 Å². The maximum atomic E-state index is 5.35. The smallest absolute Gasteiger partial charge is 0.185 e. The molecule has 0 saturated heterocycles. The van der Waals surface area contributed by atoms with E-state index >= 15 is 0 Å². The largest absolute Gasteiger partial charge is 0.354 e. The van der Waals surface area contributed by atoms with Gasteiger partial charge in [-0.15, -0.1) is 0 Å². The Morgan fingerprint density at radius 3 is 2.83 bits per heavy atom. The van der Waals surface area contributed by atoms with Gasteiger partial charge >= 0.3 is 0 Å². The first kappa shape index (κ1) is 15.4. The summed E-state index contributed by atoms with van der Waals surface area (Å²) >= 11 is 0. The summed E-state index contributed by atoms with van der Waals surface area (Å²) in [4.78, 5) is 4.26. The van der Waals surface area contributed by atoms with Gasteiger partial charge in [-0.05, 0) is 12.1 Å². The second kappa shape index (κ2) is 6.34. The zero-order valence-electron chi connectivity index (χ0n) is 13.6. The number of aromatic nitrogens is 4. The molecule has 0 unspecified atom stereocenters. The lowest BCUT2D eigenvalue weighted by molar-refractivity contribution is 0.418. The molecule has 3 rings (SSSR count). The molecule has 0 aromatic carbocycles. The molecule has 6 heteroatoms. The van der Waals surface area contributed by atoms with Crippen LogP contribution in [0.25, 0.3) is 11.5 Å². The summed E-state index contributed by atoms with van der Waals surface area (Å²) < 4.78 is 5.35. The van der Waals surface area contributed by atoms with E-state index in [1.807, 2.05) is 30.5 Å². The van der Waals surface area contributed by atoms with Crippen LogP contribution in [0.2, 0.25) is 0 Å². The lowest BCUT2D eigenvalue weighted by Gasteiger charge is -2.18. The number of H-pyrrole nitrogens is 1. The fourth-order valence-electron chi connectivity index (χ4n) is 2.44. The van der Waals surface area contributed by atoms with E-state index < -0.39 is 0 Å². The highest BCUT2D eigenvalue weighted by molar-refractivity contribution is 5.51. The second-order valence-corrected chi connectivity index (χ2v) is 6.52. The molecule has 0 bridgehead atoms. The number of hydrogen-bond acceptors (Lipinski definition) is 5. The van der Waals surface area contributed by atoms with Crippen molar-refractivity contribution in [3.05, 3.63) is 53.6 Å². The van der Waals surface area contributed by atoms with Gasteiger partial charge in [-0.25, -0.2) is 0 Å². The van der Waals surface area contributed by atoms with Gasteiger partial charge in [0, 0.05) is 42.0 Å². The van der Waals surface area contributed by atoms with Gasteiger partial charge in [-0.3, -0.25) is 10.1 Å². The lowest BCUT2D eigenvalue weighted by atomic mass is 9.89. The Morgan fingerprint density at radius 1 is 1.22 bits per heavy atom. The van der Waals surface area contributed by atoms with E-state index in [2.05, 4.69) is 46.4 Å². The maximum Gasteiger partial charge on any atom is 0.185 e. The van der Waals surface area contributed by atoms with Crippen LogP contribution in [-0.2, 0) is 18.5 Å². The van der Waals surface area contributed by atoms with Crippen molar-refractivity contribution >= 4 is 0 Å². The molecule has 6 nitrogen and oxygen atoms in total. The third-order valence-electron chi connectivity index (χ3n) is 3.57. The molecule has 3 aromatic rings. The number of hydrogen-bond donors (Lipinski definition) is 2. The maximum absolute atomic E-state index is 5.35. The summed E-state index contributed by atoms with van der Waals surface area (Å²) in [7, 11) is 0. The standard InChI is InChI=1S/C17H21N5O/c1-17(2,3)16-12(10-20-21-16)9-18-11-13-8-15(23-22-13)14-6-4-5-7-19-14/h4-8,10,18H,9,11H2,1-3H3,(H,20,21). The van der Waals surface area contributed by atoms with Crippen molar-refractivity contribution in [1.29, 1.82) is 0 Å². The summed E-state index contributed by atoms with van der Waals surface area (Å²) in [6.07, 6.45) is 3.61. The van der Waals surface area contributed by atoms with Gasteiger partial charge in [0.15, 0.2) is 5.76 Å². The molecule has 0 aliphatic heterocycles. The van der Waals surface area contributed by atoms with Crippen molar-refractivity contribution in [2.45, 2.75) is 39.3 Å². The quantitative estimate of drug-likeness (QED) is 0.757. The number of aromatic amines is 1. The number of pyridine rings is 1. The average molecular weight is 311 g/mol. The highest BCUT2D eigenvalue weighted by atomic mass is 16.5. The Kier molecular flexibility index (Phi) is 4.25. The summed E-state index contributed by atoms with van der Waals surface area (Å²) in [6, 6.07) is 7.62. The summed E-state index contributed by atoms with van der Waals surface area (Å²) in [5.74, 6) is 0.682. The summed E-state index contributed by atoms with van der Waals surface area (Å²) in [6.45, 7) is 7.86. The van der Waals surface area contributed by atoms with E-state index in [9.17, 15) is 0 Å². The normalized spacial score (nSPS) is 11.8. The predicted molar refractivity (Wildman–Crippen MR) is 87.6 cm³/mol. The Hall–Kier alpha value is -2.47. The van der Waals surface area contributed by atoms with Crippen LogP contribution in [0.15, 0.2) is 41.2 Å². The topological polar surface area (TPSA) is 79.6 Å². The minimum atomic E-state index is 0.0492. The molecule has 23 heavy (non-hydrogen) atoms. The van der Waals surface area contributed by atoms with E-state index in [4.69, 9.17) is 4.52 Å². The molecule has 0 aliphatic carbocycles. The van der Waals surface area contributed by atoms with Crippen LogP contribution >= 0.6 is 0 Å². The molecule has 0 amide bonds. The summed E-state index contributed by atoms with van der Waals surface area (Å²) in [5.41, 5.74) is 4.01. The van der Waals surface area contributed by atoms with Crippen LogP contribution < -0.4 is 5.32 Å². The zero-order chi connectivity index (χ0) is 16.3. The second-order valence-electron chi connectivity index (χ2n) is 6.52. The molecular formula is C17H21N5O. The first-order chi connectivity index (χ1) is 11.0. The molecule has 0 atom stereocenters. The monoisotopic (exact) mass is 311 g/mol. The third kappa shape index (κ3) is 3.65. The van der Waals surface area contributed by atoms with Gasteiger partial charge in [0.25, 0.3) is 0 Å². The van der Waals surface area contributed by atoms with Crippen LogP contribution in [0.4, 0.5) is 0 Å². The van der Waals surface area contributed by atoms with Gasteiger partial charge in [0.05, 0.1) is 11.9 Å². The first-order valence-electron chi connectivity index (χ1n) is 7.64. The van der Waals surface area contributed by atoms with Crippen molar-refractivity contribution in [3.8, 4) is 11.5 Å². The summed E-state index contributed by atoms with van der Waals surface area (Å²) in [5, 5.41) is 14.7. The van der Waals surface area contributed by atoms with Crippen LogP contribution in [0, 0.1) is 0 Å². The Morgan fingerprint density at radius 2 is 2.09 bits per heavy atom. The predicted octanol–water partition coefficient (Wildman–Crippen LogP) is 3.05. The van der Waals surface area contributed by atoms with E-state index in [1.54, 1.807) is 6.20 Å². The minimum Gasteiger partial charge on any atom is -0.354 e. The highest BCUT2D eigenvalue weighted by Gasteiger charge is 2.19. The molecule has 2 N–H and O–H groups in total. The SMILES string of the molecule is CC(C)(C)c1[nH]ncc1CNCc1cc(-c2ccccn2)on1. The molecule has 0 fully saturated rings. The van der Waals surface area contributed by atoms with Crippen molar-refractivity contribution in [2.75, 3.05) is 0 Å². The Balaban J connectivity index is 1.60. The van der Waals surface area contributed by atoms with Gasteiger partial charge in [0.2, 0.25) is 0 Å². The zero-order valence-corrected chi connectivity index (χ0v) is 13.6. The lowest BCUT2D eigenvalue weighted by Crippen LogP contribution is -2.19. The van der Waals surface area contributed by atoms with Gasteiger partial charge in [0.1, 0.15) is 5.69 Å². The number of nitrogens with zero attached hydrogens (tertiary/aromatic N) is 3. The van der Waals surface area contributed by atoms with Crippen molar-refractivity contribution < 1.29 is 4.52 Å². The fraction of sp³-hybridized carbons (Fsp3) is 0.353. The van der Waals surface area contributed by atoms with E-state index in [0.717, 1.165) is 23.6 Å². The van der Waals surface area contributed by atoms with Crippen molar-refractivity contribution in [2.24, 2.45) is 0 Å².